The van der Waals surface area contributed by atoms with Crippen molar-refractivity contribution in [1.82, 2.24) is 9.88 Å². The van der Waals surface area contributed by atoms with E-state index in [9.17, 15) is 23.3 Å². The van der Waals surface area contributed by atoms with Crippen molar-refractivity contribution in [2.75, 3.05) is 12.3 Å². The van der Waals surface area contributed by atoms with Crippen molar-refractivity contribution in [2.45, 2.75) is 56.9 Å². The molecule has 11 heteroatoms. The highest BCUT2D eigenvalue weighted by Crippen LogP contribution is 2.27. The molecule has 1 saturated heterocycles. The molecule has 0 saturated carbocycles. The quantitative estimate of drug-likeness (QED) is 0.538. The van der Waals surface area contributed by atoms with Crippen LogP contribution in [0, 0.1) is 10.1 Å². The molecule has 10 nitrogen and oxygen atoms in total. The summed E-state index contributed by atoms with van der Waals surface area (Å²) in [5.41, 5.74) is -0.669. The number of piperidine rings is 1. The van der Waals surface area contributed by atoms with Gasteiger partial charge in [0.1, 0.15) is 11.1 Å². The third-order valence-corrected chi connectivity index (χ3v) is 6.03. The van der Waals surface area contributed by atoms with Crippen LogP contribution < -0.4 is 0 Å². The molecule has 0 spiro atoms. The topological polar surface area (TPSA) is 133 Å². The largest absolute Gasteiger partial charge is 0.444 e. The molecule has 3 rings (SSSR count). The second-order valence-electron chi connectivity index (χ2n) is 7.99. The van der Waals surface area contributed by atoms with Gasteiger partial charge in [-0.05, 0) is 46.1 Å². The van der Waals surface area contributed by atoms with Crippen molar-refractivity contribution < 1.29 is 27.3 Å². The Balaban J connectivity index is 1.84. The van der Waals surface area contributed by atoms with Crippen molar-refractivity contribution in [2.24, 2.45) is 0 Å². The van der Waals surface area contributed by atoms with Gasteiger partial charge in [0.05, 0.1) is 10.7 Å². The summed E-state index contributed by atoms with van der Waals surface area (Å²) >= 11 is 0. The number of hydrogen-bond acceptors (Lipinski definition) is 8. The lowest BCUT2D eigenvalue weighted by Gasteiger charge is -2.36. The van der Waals surface area contributed by atoms with Gasteiger partial charge in [0.25, 0.3) is 5.69 Å². The fraction of sp³-hybridized carbons (Fsp3) is 0.556. The molecule has 2 aromatic rings. The van der Waals surface area contributed by atoms with Gasteiger partial charge in [-0.25, -0.2) is 13.2 Å². The van der Waals surface area contributed by atoms with Crippen LogP contribution in [0.1, 0.15) is 40.0 Å². The van der Waals surface area contributed by atoms with Gasteiger partial charge in [0, 0.05) is 24.7 Å². The lowest BCUT2D eigenvalue weighted by atomic mass is 10.0. The predicted molar refractivity (Wildman–Crippen MR) is 103 cm³/mol. The standard InChI is InChI=1S/C18H23N3O7S/c1-18(2,3)28-17(22)20-9-5-4-6-13(20)11-29(25,26)16-19-14-10-12(21(23)24)7-8-15(14)27-16/h7-8,10,13H,4-6,9,11H2,1-3H3. The summed E-state index contributed by atoms with van der Waals surface area (Å²) in [6.45, 7) is 5.66. The van der Waals surface area contributed by atoms with E-state index in [2.05, 4.69) is 4.98 Å². The maximum absolute atomic E-state index is 12.9. The Bertz CT molecular complexity index is 1040. The Hall–Kier alpha value is -2.69. The molecule has 0 N–H and O–H groups in total. The molecular formula is C18H23N3O7S. The van der Waals surface area contributed by atoms with E-state index >= 15 is 0 Å². The van der Waals surface area contributed by atoms with E-state index in [4.69, 9.17) is 9.15 Å². The number of aromatic nitrogens is 1. The molecule has 1 aromatic carbocycles. The number of amides is 1. The number of nitrogens with zero attached hydrogens (tertiary/aromatic N) is 3. The number of non-ortho nitro benzene ring substituents is 1. The Morgan fingerprint density at radius 1 is 1.38 bits per heavy atom. The highest BCUT2D eigenvalue weighted by atomic mass is 32.2. The van der Waals surface area contributed by atoms with Gasteiger partial charge in [-0.3, -0.25) is 10.1 Å². The Kier molecular flexibility index (Phi) is 5.52. The van der Waals surface area contributed by atoms with E-state index in [0.29, 0.717) is 13.0 Å². The lowest BCUT2D eigenvalue weighted by molar-refractivity contribution is -0.384. The fourth-order valence-electron chi connectivity index (χ4n) is 3.20. The van der Waals surface area contributed by atoms with Gasteiger partial charge in [-0.2, -0.15) is 4.98 Å². The molecule has 0 bridgehead atoms. The highest BCUT2D eigenvalue weighted by molar-refractivity contribution is 7.91. The van der Waals surface area contributed by atoms with Crippen LogP contribution in [0.15, 0.2) is 27.8 Å². The van der Waals surface area contributed by atoms with Gasteiger partial charge in [0.2, 0.25) is 9.84 Å². The van der Waals surface area contributed by atoms with Gasteiger partial charge in [0.15, 0.2) is 5.58 Å². The third kappa shape index (κ3) is 4.84. The summed E-state index contributed by atoms with van der Waals surface area (Å²) in [4.78, 5) is 28.2. The first-order valence-electron chi connectivity index (χ1n) is 9.24. The molecule has 1 atom stereocenters. The van der Waals surface area contributed by atoms with E-state index in [-0.39, 0.29) is 22.5 Å². The van der Waals surface area contributed by atoms with Crippen LogP contribution >= 0.6 is 0 Å². The SMILES string of the molecule is CC(C)(C)OC(=O)N1CCCCC1CS(=O)(=O)c1nc2cc([N+](=O)[O-])ccc2o1. The Morgan fingerprint density at radius 2 is 2.10 bits per heavy atom. The number of nitro groups is 1. The van der Waals surface area contributed by atoms with Crippen LogP contribution in [0.4, 0.5) is 10.5 Å². The minimum Gasteiger partial charge on any atom is -0.444 e. The molecule has 0 radical (unpaired) electrons. The first-order valence-corrected chi connectivity index (χ1v) is 10.9. The molecule has 2 heterocycles. The molecular weight excluding hydrogens is 402 g/mol. The predicted octanol–water partition coefficient (Wildman–Crippen LogP) is 3.30. The van der Waals surface area contributed by atoms with Crippen LogP contribution in [-0.4, -0.2) is 53.3 Å². The Morgan fingerprint density at radius 3 is 2.76 bits per heavy atom. The number of nitro benzene ring substituents is 1. The maximum Gasteiger partial charge on any atom is 0.410 e. The molecule has 1 unspecified atom stereocenters. The molecule has 158 valence electrons. The number of rotatable bonds is 4. The van der Waals surface area contributed by atoms with E-state index in [1.54, 1.807) is 20.8 Å². The molecule has 1 amide bonds. The van der Waals surface area contributed by atoms with Crippen molar-refractivity contribution in [3.8, 4) is 0 Å². The van der Waals surface area contributed by atoms with Crippen molar-refractivity contribution in [1.29, 1.82) is 0 Å². The molecule has 29 heavy (non-hydrogen) atoms. The van der Waals surface area contributed by atoms with E-state index in [1.807, 2.05) is 0 Å². The number of fused-ring (bicyclic) bond motifs is 1. The summed E-state index contributed by atoms with van der Waals surface area (Å²) in [5.74, 6) is -0.360. The number of sulfone groups is 1. The van der Waals surface area contributed by atoms with Gasteiger partial charge < -0.3 is 14.1 Å². The second-order valence-corrected chi connectivity index (χ2v) is 9.91. The summed E-state index contributed by atoms with van der Waals surface area (Å²) in [6.07, 6.45) is 1.52. The highest BCUT2D eigenvalue weighted by Gasteiger charge is 2.35. The second kappa shape index (κ2) is 7.62. The summed E-state index contributed by atoms with van der Waals surface area (Å²) in [5, 5.41) is 10.4. The van der Waals surface area contributed by atoms with Crippen LogP contribution in [-0.2, 0) is 14.6 Å². The first-order chi connectivity index (χ1) is 13.5. The smallest absolute Gasteiger partial charge is 0.410 e. The lowest BCUT2D eigenvalue weighted by Crippen LogP contribution is -2.48. The first kappa shape index (κ1) is 21.0. The molecule has 1 aromatic heterocycles. The number of ether oxygens (including phenoxy) is 1. The van der Waals surface area contributed by atoms with Crippen molar-refractivity contribution in [3.63, 3.8) is 0 Å². The van der Waals surface area contributed by atoms with Crippen LogP contribution in [0.3, 0.4) is 0 Å². The summed E-state index contributed by atoms with van der Waals surface area (Å²) in [6, 6.07) is 3.13. The monoisotopic (exact) mass is 425 g/mol. The molecule has 1 fully saturated rings. The number of hydrogen-bond donors (Lipinski definition) is 0. The van der Waals surface area contributed by atoms with E-state index in [1.165, 1.54) is 17.0 Å². The van der Waals surface area contributed by atoms with Crippen LogP contribution in [0.2, 0.25) is 0 Å². The Labute approximate surface area is 167 Å². The zero-order valence-electron chi connectivity index (χ0n) is 16.5. The van der Waals surface area contributed by atoms with Crippen LogP contribution in [0.5, 0.6) is 0 Å². The zero-order valence-corrected chi connectivity index (χ0v) is 17.3. The summed E-state index contributed by atoms with van der Waals surface area (Å²) in [7, 11) is -3.96. The molecule has 1 aliphatic rings. The van der Waals surface area contributed by atoms with Gasteiger partial charge in [-0.15, -0.1) is 0 Å². The van der Waals surface area contributed by atoms with Gasteiger partial charge >= 0.3 is 11.3 Å². The molecule has 0 aliphatic carbocycles. The average molecular weight is 425 g/mol. The third-order valence-electron chi connectivity index (χ3n) is 4.50. The minimum atomic E-state index is -3.96. The molecule has 1 aliphatic heterocycles. The summed E-state index contributed by atoms with van der Waals surface area (Å²) < 4.78 is 36.5. The number of carbonyl (C=O) groups is 1. The fourth-order valence-corrected chi connectivity index (χ4v) is 4.65. The van der Waals surface area contributed by atoms with Gasteiger partial charge in [-0.1, -0.05) is 0 Å². The van der Waals surface area contributed by atoms with Crippen molar-refractivity contribution in [3.05, 3.63) is 28.3 Å². The number of oxazole rings is 1. The van der Waals surface area contributed by atoms with Crippen LogP contribution in [0.25, 0.3) is 11.1 Å². The maximum atomic E-state index is 12.9. The number of carbonyl (C=O) groups excluding carboxylic acids is 1. The average Bonchev–Trinajstić information content (AvgIpc) is 3.04. The zero-order chi connectivity index (χ0) is 21.4. The number of benzene rings is 1. The minimum absolute atomic E-state index is 0.0883. The normalized spacial score (nSPS) is 18.0. The van der Waals surface area contributed by atoms with E-state index in [0.717, 1.165) is 18.9 Å². The number of likely N-dealkylation sites (tertiary alicyclic amines) is 1. The van der Waals surface area contributed by atoms with E-state index < -0.39 is 37.7 Å². The van der Waals surface area contributed by atoms with Crippen molar-refractivity contribution >= 4 is 32.7 Å².